The van der Waals surface area contributed by atoms with Gasteiger partial charge >= 0.3 is 0 Å². The molecule has 0 spiro atoms. The fraction of sp³-hybridized carbons (Fsp3) is 0.278. The van der Waals surface area contributed by atoms with E-state index < -0.39 is 0 Å². The monoisotopic (exact) mass is 339 g/mol. The highest BCUT2D eigenvalue weighted by Crippen LogP contribution is 2.25. The number of amides is 1. The first-order valence-corrected chi connectivity index (χ1v) is 8.76. The number of hydrogen-bond acceptors (Lipinski definition) is 5. The maximum Gasteiger partial charge on any atom is 0.260 e. The Labute approximate surface area is 143 Å². The van der Waals surface area contributed by atoms with Gasteiger partial charge < -0.3 is 9.64 Å². The maximum absolute atomic E-state index is 12.5. The van der Waals surface area contributed by atoms with Gasteiger partial charge in [0.25, 0.3) is 5.91 Å². The molecule has 0 bridgehead atoms. The van der Waals surface area contributed by atoms with E-state index in [1.54, 1.807) is 29.8 Å². The van der Waals surface area contributed by atoms with E-state index >= 15 is 0 Å². The summed E-state index contributed by atoms with van der Waals surface area (Å²) in [5, 5.41) is 2.09. The quantitative estimate of drug-likeness (QED) is 0.736. The third-order valence-electron chi connectivity index (χ3n) is 4.30. The summed E-state index contributed by atoms with van der Waals surface area (Å²) >= 11 is 1.77. The van der Waals surface area contributed by atoms with Gasteiger partial charge in [-0.1, -0.05) is 0 Å². The first-order chi connectivity index (χ1) is 11.7. The van der Waals surface area contributed by atoms with Crippen LogP contribution in [0.4, 0.5) is 0 Å². The van der Waals surface area contributed by atoms with Crippen LogP contribution in [0.15, 0.2) is 36.0 Å². The van der Waals surface area contributed by atoms with Crippen molar-refractivity contribution in [3.05, 3.63) is 52.0 Å². The number of hydrogen-bond donors (Lipinski definition) is 0. The summed E-state index contributed by atoms with van der Waals surface area (Å²) in [6, 6.07) is 5.77. The van der Waals surface area contributed by atoms with E-state index in [-0.39, 0.29) is 12.5 Å². The van der Waals surface area contributed by atoms with E-state index in [1.165, 1.54) is 10.4 Å². The van der Waals surface area contributed by atoms with Crippen LogP contribution in [0.3, 0.4) is 0 Å². The second-order valence-corrected chi connectivity index (χ2v) is 6.86. The van der Waals surface area contributed by atoms with E-state index in [4.69, 9.17) is 4.74 Å². The zero-order chi connectivity index (χ0) is 16.5. The molecular formula is C18H17N3O2S. The van der Waals surface area contributed by atoms with Crippen molar-refractivity contribution < 1.29 is 9.53 Å². The topological polar surface area (TPSA) is 55.3 Å². The molecule has 0 atom stereocenters. The molecule has 0 aromatic carbocycles. The van der Waals surface area contributed by atoms with Crippen molar-refractivity contribution in [2.24, 2.45) is 0 Å². The Kier molecular flexibility index (Phi) is 3.90. The number of aromatic nitrogens is 2. The molecule has 3 aromatic rings. The Morgan fingerprint density at radius 1 is 1.25 bits per heavy atom. The average Bonchev–Trinajstić information content (AvgIpc) is 3.08. The molecule has 0 saturated carbocycles. The predicted octanol–water partition coefficient (Wildman–Crippen LogP) is 2.96. The van der Waals surface area contributed by atoms with Gasteiger partial charge in [0, 0.05) is 36.4 Å². The third-order valence-corrected chi connectivity index (χ3v) is 5.32. The molecule has 6 heteroatoms. The van der Waals surface area contributed by atoms with Gasteiger partial charge in [0.2, 0.25) is 0 Å². The number of aryl methyl sites for hydroxylation is 1. The summed E-state index contributed by atoms with van der Waals surface area (Å²) in [6.45, 7) is 3.44. The van der Waals surface area contributed by atoms with Crippen LogP contribution in [0.5, 0.6) is 5.75 Å². The SMILES string of the molecule is Cc1ccnc2c(OCC(=O)N3CCc4sccc4C3)ccnc12. The number of carbonyl (C=O) groups excluding carboxylic acids is 1. The average molecular weight is 339 g/mol. The highest BCUT2D eigenvalue weighted by molar-refractivity contribution is 7.10. The van der Waals surface area contributed by atoms with Crippen molar-refractivity contribution in [3.63, 3.8) is 0 Å². The van der Waals surface area contributed by atoms with Crippen LogP contribution in [0.1, 0.15) is 16.0 Å². The Hall–Kier alpha value is -2.47. The minimum absolute atomic E-state index is 0.00413. The summed E-state index contributed by atoms with van der Waals surface area (Å²) < 4.78 is 5.77. The largest absolute Gasteiger partial charge is 0.481 e. The highest BCUT2D eigenvalue weighted by atomic mass is 32.1. The van der Waals surface area contributed by atoms with Crippen LogP contribution in [0.2, 0.25) is 0 Å². The van der Waals surface area contributed by atoms with Crippen molar-refractivity contribution >= 4 is 28.3 Å². The summed E-state index contributed by atoms with van der Waals surface area (Å²) in [5.41, 5.74) is 3.80. The number of rotatable bonds is 3. The second kappa shape index (κ2) is 6.20. The first kappa shape index (κ1) is 15.1. The lowest BCUT2D eigenvalue weighted by Gasteiger charge is -2.27. The van der Waals surface area contributed by atoms with Crippen molar-refractivity contribution in [3.8, 4) is 5.75 Å². The van der Waals surface area contributed by atoms with Crippen molar-refractivity contribution in [1.29, 1.82) is 0 Å². The Balaban J connectivity index is 1.48. The Morgan fingerprint density at radius 3 is 3.00 bits per heavy atom. The van der Waals surface area contributed by atoms with Gasteiger partial charge in [-0.15, -0.1) is 11.3 Å². The molecule has 4 rings (SSSR count). The molecule has 1 amide bonds. The number of nitrogens with zero attached hydrogens (tertiary/aromatic N) is 3. The smallest absolute Gasteiger partial charge is 0.260 e. The van der Waals surface area contributed by atoms with Gasteiger partial charge in [-0.2, -0.15) is 0 Å². The van der Waals surface area contributed by atoms with Gasteiger partial charge in [0.1, 0.15) is 11.3 Å². The fourth-order valence-corrected chi connectivity index (χ4v) is 3.85. The molecule has 0 saturated heterocycles. The van der Waals surface area contributed by atoms with Crippen molar-refractivity contribution in [1.82, 2.24) is 14.9 Å². The number of ether oxygens (including phenoxy) is 1. The Morgan fingerprint density at radius 2 is 2.08 bits per heavy atom. The molecular weight excluding hydrogens is 322 g/mol. The van der Waals surface area contributed by atoms with Gasteiger partial charge in [-0.3, -0.25) is 14.8 Å². The van der Waals surface area contributed by atoms with Gasteiger partial charge in [0.15, 0.2) is 6.61 Å². The number of thiophene rings is 1. The lowest BCUT2D eigenvalue weighted by atomic mass is 10.1. The van der Waals surface area contributed by atoms with Crippen LogP contribution < -0.4 is 4.74 Å². The van der Waals surface area contributed by atoms with Gasteiger partial charge in [0.05, 0.1) is 5.52 Å². The van der Waals surface area contributed by atoms with Crippen LogP contribution in [0, 0.1) is 6.92 Å². The van der Waals surface area contributed by atoms with E-state index in [2.05, 4.69) is 21.4 Å². The van der Waals surface area contributed by atoms with Crippen LogP contribution in [0.25, 0.3) is 11.0 Å². The molecule has 0 aliphatic carbocycles. The molecule has 3 aromatic heterocycles. The van der Waals surface area contributed by atoms with E-state index in [0.29, 0.717) is 17.8 Å². The summed E-state index contributed by atoms with van der Waals surface area (Å²) in [4.78, 5) is 24.4. The molecule has 0 N–H and O–H groups in total. The molecule has 0 radical (unpaired) electrons. The first-order valence-electron chi connectivity index (χ1n) is 7.88. The summed E-state index contributed by atoms with van der Waals surface area (Å²) in [6.07, 6.45) is 4.35. The van der Waals surface area contributed by atoms with E-state index in [1.807, 2.05) is 17.9 Å². The normalized spacial score (nSPS) is 13.8. The molecule has 1 aliphatic heterocycles. The van der Waals surface area contributed by atoms with Crippen LogP contribution in [-0.4, -0.2) is 33.9 Å². The summed E-state index contributed by atoms with van der Waals surface area (Å²) in [5.74, 6) is 0.606. The highest BCUT2D eigenvalue weighted by Gasteiger charge is 2.22. The van der Waals surface area contributed by atoms with Crippen LogP contribution >= 0.6 is 11.3 Å². The number of carbonyl (C=O) groups is 1. The lowest BCUT2D eigenvalue weighted by molar-refractivity contribution is -0.134. The van der Waals surface area contributed by atoms with E-state index in [9.17, 15) is 4.79 Å². The minimum atomic E-state index is 0.00413. The van der Waals surface area contributed by atoms with Crippen molar-refractivity contribution in [2.45, 2.75) is 19.9 Å². The molecule has 1 aliphatic rings. The van der Waals surface area contributed by atoms with Crippen LogP contribution in [-0.2, 0) is 17.8 Å². The molecule has 0 unspecified atom stereocenters. The lowest BCUT2D eigenvalue weighted by Crippen LogP contribution is -2.38. The standard InChI is InChI=1S/C18H17N3O2S/c1-12-2-6-20-18-14(3-7-19-17(12)18)23-11-16(22)21-8-4-15-13(10-21)5-9-24-15/h2-3,5-7,9H,4,8,10-11H2,1H3. The fourth-order valence-electron chi connectivity index (χ4n) is 2.96. The third kappa shape index (κ3) is 2.73. The summed E-state index contributed by atoms with van der Waals surface area (Å²) in [7, 11) is 0. The Bertz CT molecular complexity index is 906. The van der Waals surface area contributed by atoms with E-state index in [0.717, 1.165) is 24.0 Å². The molecule has 122 valence electrons. The molecule has 4 heterocycles. The molecule has 0 fully saturated rings. The maximum atomic E-state index is 12.5. The minimum Gasteiger partial charge on any atom is -0.481 e. The molecule has 24 heavy (non-hydrogen) atoms. The zero-order valence-electron chi connectivity index (χ0n) is 13.4. The van der Waals surface area contributed by atoms with Gasteiger partial charge in [-0.05, 0) is 42.0 Å². The van der Waals surface area contributed by atoms with Crippen molar-refractivity contribution in [2.75, 3.05) is 13.2 Å². The number of pyridine rings is 2. The second-order valence-electron chi connectivity index (χ2n) is 5.86. The number of fused-ring (bicyclic) bond motifs is 2. The molecule has 5 nitrogen and oxygen atoms in total. The zero-order valence-corrected chi connectivity index (χ0v) is 14.2. The van der Waals surface area contributed by atoms with Gasteiger partial charge in [-0.25, -0.2) is 0 Å². The predicted molar refractivity (Wildman–Crippen MR) is 93.2 cm³/mol.